The number of aromatic carboxylic acids is 1. The molecule has 3 rings (SSSR count). The molecule has 1 aliphatic heterocycles. The van der Waals surface area contributed by atoms with Gasteiger partial charge in [0.15, 0.2) is 0 Å². The van der Waals surface area contributed by atoms with Gasteiger partial charge >= 0.3 is 5.97 Å². The zero-order valence-corrected chi connectivity index (χ0v) is 15.9. The van der Waals surface area contributed by atoms with Crippen molar-refractivity contribution in [2.45, 2.75) is 13.3 Å². The molecule has 1 heterocycles. The molecule has 0 fully saturated rings. The first-order chi connectivity index (χ1) is 12.8. The summed E-state index contributed by atoms with van der Waals surface area (Å²) in [7, 11) is 0. The largest absolute Gasteiger partial charge is 0.478 e. The highest BCUT2D eigenvalue weighted by Crippen LogP contribution is 2.26. The van der Waals surface area contributed by atoms with Crippen LogP contribution in [0, 0.1) is 0 Å². The van der Waals surface area contributed by atoms with E-state index in [0.717, 1.165) is 4.90 Å². The second-order valence-electron chi connectivity index (χ2n) is 5.97. The molecular formula is C19H15BrN2O5. The van der Waals surface area contributed by atoms with Crippen LogP contribution in [0.4, 0.5) is 5.69 Å². The number of carbonyl (C=O) groups excluding carboxylic acids is 3. The Kier molecular flexibility index (Phi) is 5.09. The van der Waals surface area contributed by atoms with Crippen molar-refractivity contribution in [1.29, 1.82) is 0 Å². The van der Waals surface area contributed by atoms with E-state index in [2.05, 4.69) is 21.2 Å². The van der Waals surface area contributed by atoms with Gasteiger partial charge in [-0.05, 0) is 42.8 Å². The van der Waals surface area contributed by atoms with Gasteiger partial charge in [0, 0.05) is 16.6 Å². The summed E-state index contributed by atoms with van der Waals surface area (Å²) in [6.45, 7) is 2.18. The fourth-order valence-electron chi connectivity index (χ4n) is 2.86. The van der Waals surface area contributed by atoms with Crippen molar-refractivity contribution < 1.29 is 24.3 Å². The Bertz CT molecular complexity index is 986. The minimum Gasteiger partial charge on any atom is -0.478 e. The van der Waals surface area contributed by atoms with Crippen molar-refractivity contribution in [3.05, 3.63) is 63.1 Å². The third-order valence-corrected chi connectivity index (χ3v) is 4.63. The molecule has 2 aromatic carbocycles. The Labute approximate surface area is 163 Å². The van der Waals surface area contributed by atoms with Gasteiger partial charge in [0.25, 0.3) is 17.7 Å². The van der Waals surface area contributed by atoms with E-state index in [1.807, 2.05) is 6.92 Å². The first-order valence-electron chi connectivity index (χ1n) is 8.18. The summed E-state index contributed by atoms with van der Waals surface area (Å²) in [4.78, 5) is 49.7. The molecule has 2 N–H and O–H groups in total. The van der Waals surface area contributed by atoms with E-state index in [0.29, 0.717) is 17.4 Å². The van der Waals surface area contributed by atoms with Gasteiger partial charge < -0.3 is 10.4 Å². The Morgan fingerprint density at radius 2 is 1.78 bits per heavy atom. The van der Waals surface area contributed by atoms with E-state index >= 15 is 0 Å². The highest BCUT2D eigenvalue weighted by atomic mass is 79.9. The van der Waals surface area contributed by atoms with Crippen molar-refractivity contribution in [3.8, 4) is 0 Å². The molecule has 0 bridgehead atoms. The lowest BCUT2D eigenvalue weighted by Crippen LogP contribution is -2.30. The van der Waals surface area contributed by atoms with Gasteiger partial charge in [-0.2, -0.15) is 0 Å². The molecule has 0 spiro atoms. The van der Waals surface area contributed by atoms with Crippen LogP contribution in [0.25, 0.3) is 0 Å². The van der Waals surface area contributed by atoms with Gasteiger partial charge in [-0.15, -0.1) is 0 Å². The topological polar surface area (TPSA) is 104 Å². The normalized spacial score (nSPS) is 12.9. The molecule has 0 radical (unpaired) electrons. The monoisotopic (exact) mass is 430 g/mol. The summed E-state index contributed by atoms with van der Waals surface area (Å²) in [5.74, 6) is -2.56. The van der Waals surface area contributed by atoms with Crippen molar-refractivity contribution in [3.63, 3.8) is 0 Å². The van der Waals surface area contributed by atoms with E-state index in [4.69, 9.17) is 0 Å². The average molecular weight is 431 g/mol. The molecule has 0 aromatic heterocycles. The lowest BCUT2D eigenvalue weighted by atomic mass is 10.0. The second kappa shape index (κ2) is 7.32. The van der Waals surface area contributed by atoms with Gasteiger partial charge in [-0.3, -0.25) is 19.3 Å². The van der Waals surface area contributed by atoms with E-state index < -0.39 is 17.8 Å². The smallest absolute Gasteiger partial charge is 0.337 e. The number of nitrogens with zero attached hydrogens (tertiary/aromatic N) is 1. The highest BCUT2D eigenvalue weighted by molar-refractivity contribution is 9.10. The molecular weight excluding hydrogens is 416 g/mol. The number of imide groups is 1. The number of benzene rings is 2. The number of hydrogen-bond acceptors (Lipinski definition) is 4. The number of rotatable bonds is 5. The number of carboxylic acids is 1. The molecule has 0 saturated carbocycles. The maximum absolute atomic E-state index is 12.5. The Morgan fingerprint density at radius 1 is 1.07 bits per heavy atom. The number of carbonyl (C=O) groups is 4. The molecule has 0 saturated heterocycles. The summed E-state index contributed by atoms with van der Waals surface area (Å²) in [6, 6.07) is 8.70. The summed E-state index contributed by atoms with van der Waals surface area (Å²) in [5.41, 5.74) is 0.660. The van der Waals surface area contributed by atoms with Crippen molar-refractivity contribution >= 4 is 45.3 Å². The predicted octanol–water partition coefficient (Wildman–Crippen LogP) is 3.41. The predicted molar refractivity (Wildman–Crippen MR) is 101 cm³/mol. The third kappa shape index (κ3) is 3.48. The van der Waals surface area contributed by atoms with Crippen LogP contribution in [0.3, 0.4) is 0 Å². The minimum atomic E-state index is -1.18. The van der Waals surface area contributed by atoms with Crippen LogP contribution in [0.1, 0.15) is 54.8 Å². The third-order valence-electron chi connectivity index (χ3n) is 4.14. The summed E-state index contributed by atoms with van der Waals surface area (Å²) in [5, 5.41) is 11.8. The molecule has 0 aliphatic carbocycles. The molecule has 7 nitrogen and oxygen atoms in total. The zero-order valence-electron chi connectivity index (χ0n) is 14.3. The van der Waals surface area contributed by atoms with Gasteiger partial charge in [0.2, 0.25) is 0 Å². The summed E-state index contributed by atoms with van der Waals surface area (Å²) < 4.78 is 0.565. The molecule has 2 aromatic rings. The standard InChI is InChI=1S/C19H15BrN2O5/c1-2-7-22-17(24)12-5-3-10(8-13(12)18(22)25)16(23)21-15-6-4-11(20)9-14(15)19(26)27/h3-6,8-9H,2,7H2,1H3,(H,21,23)(H,26,27). The van der Waals surface area contributed by atoms with Gasteiger partial charge in [0.1, 0.15) is 0 Å². The van der Waals surface area contributed by atoms with Crippen LogP contribution in [0.15, 0.2) is 40.9 Å². The Morgan fingerprint density at radius 3 is 2.44 bits per heavy atom. The first kappa shape index (κ1) is 18.8. The van der Waals surface area contributed by atoms with Gasteiger partial charge in [-0.1, -0.05) is 22.9 Å². The number of amides is 3. The molecule has 1 aliphatic rings. The molecule has 138 valence electrons. The maximum Gasteiger partial charge on any atom is 0.337 e. The number of nitrogens with one attached hydrogen (secondary N) is 1. The molecule has 0 atom stereocenters. The number of anilines is 1. The number of fused-ring (bicyclic) bond motifs is 1. The van der Waals surface area contributed by atoms with E-state index in [1.165, 1.54) is 30.3 Å². The maximum atomic E-state index is 12.5. The van der Waals surface area contributed by atoms with Crippen molar-refractivity contribution in [2.75, 3.05) is 11.9 Å². The second-order valence-corrected chi connectivity index (χ2v) is 6.89. The zero-order chi connectivity index (χ0) is 19.7. The molecule has 8 heteroatoms. The van der Waals surface area contributed by atoms with Crippen LogP contribution in [0.2, 0.25) is 0 Å². The number of carboxylic acid groups (broad SMARTS) is 1. The first-order valence-corrected chi connectivity index (χ1v) is 8.97. The lowest BCUT2D eigenvalue weighted by Gasteiger charge is -2.11. The Balaban J connectivity index is 1.90. The van der Waals surface area contributed by atoms with Crippen LogP contribution in [-0.4, -0.2) is 40.2 Å². The Hall–Kier alpha value is -3.00. The van der Waals surface area contributed by atoms with Crippen LogP contribution >= 0.6 is 15.9 Å². The SMILES string of the molecule is CCCN1C(=O)c2ccc(C(=O)Nc3ccc(Br)cc3C(=O)O)cc2C1=O. The summed E-state index contributed by atoms with van der Waals surface area (Å²) >= 11 is 3.19. The quantitative estimate of drug-likeness (QED) is 0.707. The lowest BCUT2D eigenvalue weighted by molar-refractivity contribution is 0.0650. The molecule has 27 heavy (non-hydrogen) atoms. The van der Waals surface area contributed by atoms with Crippen LogP contribution < -0.4 is 5.32 Å². The van der Waals surface area contributed by atoms with Gasteiger partial charge in [0.05, 0.1) is 22.4 Å². The van der Waals surface area contributed by atoms with E-state index in [9.17, 15) is 24.3 Å². The van der Waals surface area contributed by atoms with E-state index in [1.54, 1.807) is 6.07 Å². The fraction of sp³-hybridized carbons (Fsp3) is 0.158. The van der Waals surface area contributed by atoms with E-state index in [-0.39, 0.29) is 33.8 Å². The van der Waals surface area contributed by atoms with Gasteiger partial charge in [-0.25, -0.2) is 4.79 Å². The minimum absolute atomic E-state index is 0.0701. The molecule has 0 unspecified atom stereocenters. The highest BCUT2D eigenvalue weighted by Gasteiger charge is 2.35. The van der Waals surface area contributed by atoms with Crippen LogP contribution in [0.5, 0.6) is 0 Å². The fourth-order valence-corrected chi connectivity index (χ4v) is 3.22. The summed E-state index contributed by atoms with van der Waals surface area (Å²) in [6.07, 6.45) is 0.639. The van der Waals surface area contributed by atoms with Crippen molar-refractivity contribution in [2.24, 2.45) is 0 Å². The molecule has 3 amide bonds. The number of halogens is 1. The average Bonchev–Trinajstić information content (AvgIpc) is 2.87. The van der Waals surface area contributed by atoms with Crippen LogP contribution in [-0.2, 0) is 0 Å². The number of hydrogen-bond donors (Lipinski definition) is 2. The van der Waals surface area contributed by atoms with Crippen molar-refractivity contribution in [1.82, 2.24) is 4.90 Å².